The smallest absolute Gasteiger partial charge is 0.271 e. The summed E-state index contributed by atoms with van der Waals surface area (Å²) in [6.45, 7) is 1.80. The first-order valence-electron chi connectivity index (χ1n) is 9.33. The number of amides is 1. The van der Waals surface area contributed by atoms with E-state index in [1.807, 2.05) is 24.4 Å². The topological polar surface area (TPSA) is 90.1 Å². The largest absolute Gasteiger partial charge is 0.325 e. The Morgan fingerprint density at radius 2 is 2.03 bits per heavy atom. The Morgan fingerprint density at radius 1 is 1.28 bits per heavy atom. The molecule has 1 saturated carbocycles. The van der Waals surface area contributed by atoms with E-state index in [1.54, 1.807) is 13.0 Å². The highest BCUT2D eigenvalue weighted by Crippen LogP contribution is 2.41. The number of benzene rings is 2. The van der Waals surface area contributed by atoms with Crippen molar-refractivity contribution in [3.8, 4) is 11.3 Å². The first kappa shape index (κ1) is 19.2. The predicted molar refractivity (Wildman–Crippen MR) is 113 cm³/mol. The fourth-order valence-electron chi connectivity index (χ4n) is 3.13. The SMILES string of the molecule is Cc1ccc([N+](=O)[O-])cc1NC(=O)CSc1ncc(-c2ccccc2)n1C1CC1. The van der Waals surface area contributed by atoms with Crippen molar-refractivity contribution in [1.29, 1.82) is 0 Å². The highest BCUT2D eigenvalue weighted by atomic mass is 32.2. The average Bonchev–Trinajstić information content (AvgIpc) is 3.47. The van der Waals surface area contributed by atoms with Gasteiger partial charge in [0, 0.05) is 18.2 Å². The van der Waals surface area contributed by atoms with Crippen molar-refractivity contribution < 1.29 is 9.72 Å². The van der Waals surface area contributed by atoms with Crippen molar-refractivity contribution in [3.05, 3.63) is 70.4 Å². The van der Waals surface area contributed by atoms with Gasteiger partial charge < -0.3 is 9.88 Å². The summed E-state index contributed by atoms with van der Waals surface area (Å²) in [5.74, 6) is -0.0368. The van der Waals surface area contributed by atoms with E-state index in [0.29, 0.717) is 11.7 Å². The summed E-state index contributed by atoms with van der Waals surface area (Å²) in [6, 6.07) is 15.0. The summed E-state index contributed by atoms with van der Waals surface area (Å²) in [4.78, 5) is 27.5. The number of aromatic nitrogens is 2. The van der Waals surface area contributed by atoms with Gasteiger partial charge in [-0.05, 0) is 30.9 Å². The molecule has 1 N–H and O–H groups in total. The van der Waals surface area contributed by atoms with E-state index < -0.39 is 4.92 Å². The molecule has 1 amide bonds. The molecule has 29 heavy (non-hydrogen) atoms. The van der Waals surface area contributed by atoms with Crippen LogP contribution in [0.25, 0.3) is 11.3 Å². The van der Waals surface area contributed by atoms with Gasteiger partial charge in [-0.25, -0.2) is 4.98 Å². The van der Waals surface area contributed by atoms with Crippen LogP contribution < -0.4 is 5.32 Å². The highest BCUT2D eigenvalue weighted by molar-refractivity contribution is 7.99. The monoisotopic (exact) mass is 408 g/mol. The summed E-state index contributed by atoms with van der Waals surface area (Å²) >= 11 is 1.38. The Hall–Kier alpha value is -3.13. The molecule has 0 saturated heterocycles. The fraction of sp³-hybridized carbons (Fsp3) is 0.238. The summed E-state index contributed by atoms with van der Waals surface area (Å²) in [5.41, 5.74) is 3.36. The molecule has 1 aliphatic rings. The number of imidazole rings is 1. The molecule has 0 radical (unpaired) electrons. The third-order valence-corrected chi connectivity index (χ3v) is 5.75. The van der Waals surface area contributed by atoms with Crippen molar-refractivity contribution in [1.82, 2.24) is 9.55 Å². The number of nitro benzene ring substituents is 1. The van der Waals surface area contributed by atoms with E-state index in [4.69, 9.17) is 0 Å². The molecule has 0 unspecified atom stereocenters. The number of nitro groups is 1. The second kappa shape index (κ2) is 8.08. The summed E-state index contributed by atoms with van der Waals surface area (Å²) in [7, 11) is 0. The van der Waals surface area contributed by atoms with Gasteiger partial charge in [0.2, 0.25) is 5.91 Å². The van der Waals surface area contributed by atoms with Gasteiger partial charge >= 0.3 is 0 Å². The van der Waals surface area contributed by atoms with Crippen molar-refractivity contribution in [3.63, 3.8) is 0 Å². The van der Waals surface area contributed by atoms with E-state index in [2.05, 4.69) is 27.0 Å². The van der Waals surface area contributed by atoms with Crippen LogP contribution in [0.15, 0.2) is 59.9 Å². The molecule has 0 aliphatic heterocycles. The van der Waals surface area contributed by atoms with E-state index in [9.17, 15) is 14.9 Å². The molecule has 0 bridgehead atoms. The molecule has 3 aromatic rings. The third-order valence-electron chi connectivity index (χ3n) is 4.78. The normalized spacial score (nSPS) is 13.3. The van der Waals surface area contributed by atoms with Crippen LogP contribution in [0.3, 0.4) is 0 Å². The number of hydrogen-bond donors (Lipinski definition) is 1. The van der Waals surface area contributed by atoms with Gasteiger partial charge in [0.1, 0.15) is 0 Å². The maximum atomic E-state index is 12.5. The Bertz CT molecular complexity index is 1060. The quantitative estimate of drug-likeness (QED) is 0.343. The minimum absolute atomic E-state index is 0.0460. The fourth-order valence-corrected chi connectivity index (χ4v) is 3.98. The molecule has 1 fully saturated rings. The van der Waals surface area contributed by atoms with Crippen molar-refractivity contribution in [2.24, 2.45) is 0 Å². The van der Waals surface area contributed by atoms with E-state index in [-0.39, 0.29) is 17.3 Å². The number of rotatable bonds is 7. The van der Waals surface area contributed by atoms with Crippen LogP contribution in [0.4, 0.5) is 11.4 Å². The molecule has 1 aliphatic carbocycles. The lowest BCUT2D eigenvalue weighted by molar-refractivity contribution is -0.384. The lowest BCUT2D eigenvalue weighted by Crippen LogP contribution is -2.15. The van der Waals surface area contributed by atoms with Crippen molar-refractivity contribution >= 4 is 29.0 Å². The number of nitrogens with zero attached hydrogens (tertiary/aromatic N) is 3. The number of non-ortho nitro benzene ring substituents is 1. The summed E-state index contributed by atoms with van der Waals surface area (Å²) in [6.07, 6.45) is 4.09. The van der Waals surface area contributed by atoms with Crippen molar-refractivity contribution in [2.75, 3.05) is 11.1 Å². The number of carbonyl (C=O) groups excluding carboxylic acids is 1. The Morgan fingerprint density at radius 3 is 2.72 bits per heavy atom. The van der Waals surface area contributed by atoms with Crippen LogP contribution in [0.5, 0.6) is 0 Å². The third kappa shape index (κ3) is 4.32. The molecule has 7 nitrogen and oxygen atoms in total. The molecule has 1 heterocycles. The van der Waals surface area contributed by atoms with E-state index in [0.717, 1.165) is 34.8 Å². The van der Waals surface area contributed by atoms with Crippen LogP contribution in [0.1, 0.15) is 24.4 Å². The average molecular weight is 408 g/mol. The highest BCUT2D eigenvalue weighted by Gasteiger charge is 2.29. The van der Waals surface area contributed by atoms with Crippen LogP contribution in [-0.2, 0) is 4.79 Å². The minimum Gasteiger partial charge on any atom is -0.325 e. The maximum absolute atomic E-state index is 12.5. The van der Waals surface area contributed by atoms with Gasteiger partial charge in [0.15, 0.2) is 5.16 Å². The second-order valence-corrected chi connectivity index (χ2v) is 7.93. The van der Waals surface area contributed by atoms with Crippen LogP contribution in [0, 0.1) is 17.0 Å². The van der Waals surface area contributed by atoms with Gasteiger partial charge in [-0.1, -0.05) is 48.2 Å². The van der Waals surface area contributed by atoms with Gasteiger partial charge in [0.05, 0.1) is 28.3 Å². The number of anilines is 1. The first-order chi connectivity index (χ1) is 14.0. The van der Waals surface area contributed by atoms with Gasteiger partial charge in [-0.3, -0.25) is 14.9 Å². The van der Waals surface area contributed by atoms with Gasteiger partial charge in [-0.15, -0.1) is 0 Å². The van der Waals surface area contributed by atoms with E-state index in [1.165, 1.54) is 23.9 Å². The molecule has 0 atom stereocenters. The minimum atomic E-state index is -0.471. The van der Waals surface area contributed by atoms with Crippen LogP contribution in [0.2, 0.25) is 0 Å². The Labute approximate surface area is 172 Å². The molecular weight excluding hydrogens is 388 g/mol. The number of carbonyl (C=O) groups is 1. The summed E-state index contributed by atoms with van der Waals surface area (Å²) < 4.78 is 2.21. The lowest BCUT2D eigenvalue weighted by Gasteiger charge is -2.11. The van der Waals surface area contributed by atoms with Crippen molar-refractivity contribution in [2.45, 2.75) is 31.0 Å². The molecule has 148 valence electrons. The molecular formula is C21H20N4O3S. The van der Waals surface area contributed by atoms with Crippen LogP contribution in [-0.4, -0.2) is 26.1 Å². The first-order valence-corrected chi connectivity index (χ1v) is 10.3. The number of nitrogens with one attached hydrogen (secondary N) is 1. The zero-order valence-electron chi connectivity index (χ0n) is 15.9. The maximum Gasteiger partial charge on any atom is 0.271 e. The number of thioether (sulfide) groups is 1. The molecule has 4 rings (SSSR count). The predicted octanol–water partition coefficient (Wildman–Crippen LogP) is 4.83. The zero-order chi connectivity index (χ0) is 20.4. The zero-order valence-corrected chi connectivity index (χ0v) is 16.7. The lowest BCUT2D eigenvalue weighted by atomic mass is 10.2. The Balaban J connectivity index is 1.47. The molecule has 2 aromatic carbocycles. The summed E-state index contributed by atoms with van der Waals surface area (Å²) in [5, 5.41) is 14.6. The van der Waals surface area contributed by atoms with Gasteiger partial charge in [-0.2, -0.15) is 0 Å². The molecule has 0 spiro atoms. The molecule has 8 heteroatoms. The number of aryl methyl sites for hydroxylation is 1. The second-order valence-electron chi connectivity index (χ2n) is 6.99. The van der Waals surface area contributed by atoms with Crippen LogP contribution >= 0.6 is 11.8 Å². The standard InChI is InChI=1S/C21H20N4O3S/c1-14-7-8-17(25(27)28)11-18(14)23-20(26)13-29-21-22-12-19(24(21)16-9-10-16)15-5-3-2-4-6-15/h2-8,11-12,16H,9-10,13H2,1H3,(H,23,26). The Kier molecular flexibility index (Phi) is 5.35. The van der Waals surface area contributed by atoms with E-state index >= 15 is 0 Å². The number of hydrogen-bond acceptors (Lipinski definition) is 5. The van der Waals surface area contributed by atoms with Gasteiger partial charge in [0.25, 0.3) is 5.69 Å². The molecule has 1 aromatic heterocycles.